The van der Waals surface area contributed by atoms with E-state index in [1.165, 1.54) is 12.8 Å². The number of guanidine groups is 1. The molecule has 2 unspecified atom stereocenters. The van der Waals surface area contributed by atoms with Crippen LogP contribution in [0.5, 0.6) is 5.75 Å². The van der Waals surface area contributed by atoms with Gasteiger partial charge in [-0.05, 0) is 45.2 Å². The number of likely N-dealkylation sites (tertiary alicyclic amines) is 1. The second kappa shape index (κ2) is 9.78. The van der Waals surface area contributed by atoms with Gasteiger partial charge in [-0.25, -0.2) is 4.99 Å². The van der Waals surface area contributed by atoms with Gasteiger partial charge in [0, 0.05) is 31.7 Å². The summed E-state index contributed by atoms with van der Waals surface area (Å²) in [6.45, 7) is 11.7. The average molecular weight is 473 g/mol. The summed E-state index contributed by atoms with van der Waals surface area (Å²) < 4.78 is 11.7. The maximum Gasteiger partial charge on any atom is 0.194 e. The maximum atomic E-state index is 6.06. The number of ether oxygens (including phenoxy) is 2. The molecule has 1 aromatic carbocycles. The van der Waals surface area contributed by atoms with Crippen LogP contribution >= 0.6 is 24.0 Å². The number of para-hydroxylation sites is 1. The van der Waals surface area contributed by atoms with E-state index < -0.39 is 0 Å². The molecule has 0 aliphatic carbocycles. The van der Waals surface area contributed by atoms with Gasteiger partial charge in [-0.15, -0.1) is 24.0 Å². The van der Waals surface area contributed by atoms with Crippen molar-refractivity contribution >= 4 is 29.9 Å². The van der Waals surface area contributed by atoms with Crippen LogP contribution in [-0.4, -0.2) is 56.4 Å². The fourth-order valence-electron chi connectivity index (χ4n) is 3.67. The summed E-state index contributed by atoms with van der Waals surface area (Å²) in [5.41, 5.74) is 1.51. The zero-order chi connectivity index (χ0) is 17.7. The van der Waals surface area contributed by atoms with Crippen molar-refractivity contribution in [2.75, 3.05) is 39.4 Å². The Morgan fingerprint density at radius 2 is 2.19 bits per heavy atom. The molecule has 146 valence electrons. The van der Waals surface area contributed by atoms with Crippen molar-refractivity contribution in [2.24, 2.45) is 10.4 Å². The van der Waals surface area contributed by atoms with Crippen LogP contribution in [0.15, 0.2) is 29.3 Å². The molecule has 6 heteroatoms. The normalized spacial score (nSPS) is 23.8. The van der Waals surface area contributed by atoms with Crippen LogP contribution in [0.25, 0.3) is 0 Å². The number of rotatable bonds is 5. The third-order valence-electron chi connectivity index (χ3n) is 5.18. The van der Waals surface area contributed by atoms with Crippen molar-refractivity contribution in [2.45, 2.75) is 39.7 Å². The van der Waals surface area contributed by atoms with Crippen molar-refractivity contribution in [1.29, 1.82) is 0 Å². The summed E-state index contributed by atoms with van der Waals surface area (Å²) in [5, 5.41) is 3.44. The molecule has 0 amide bonds. The van der Waals surface area contributed by atoms with E-state index >= 15 is 0 Å². The number of hydrogen-bond donors (Lipinski definition) is 1. The molecule has 0 bridgehead atoms. The van der Waals surface area contributed by atoms with Crippen molar-refractivity contribution in [3.05, 3.63) is 29.8 Å². The Morgan fingerprint density at radius 3 is 2.88 bits per heavy atom. The molecule has 2 atom stereocenters. The van der Waals surface area contributed by atoms with E-state index in [2.05, 4.69) is 37.1 Å². The van der Waals surface area contributed by atoms with Gasteiger partial charge in [-0.2, -0.15) is 0 Å². The topological polar surface area (TPSA) is 46.1 Å². The fraction of sp³-hybridized carbons (Fsp3) is 0.650. The molecule has 2 saturated heterocycles. The van der Waals surface area contributed by atoms with E-state index in [0.717, 1.165) is 50.1 Å². The quantitative estimate of drug-likeness (QED) is 0.404. The number of benzene rings is 1. The Kier molecular flexibility index (Phi) is 8.01. The molecule has 2 fully saturated rings. The first kappa shape index (κ1) is 21.3. The zero-order valence-corrected chi connectivity index (χ0v) is 18.5. The van der Waals surface area contributed by atoms with Gasteiger partial charge in [0.05, 0.1) is 13.2 Å². The van der Waals surface area contributed by atoms with E-state index in [-0.39, 0.29) is 30.1 Å². The van der Waals surface area contributed by atoms with Crippen LogP contribution in [-0.2, 0) is 4.74 Å². The third-order valence-corrected chi connectivity index (χ3v) is 5.18. The highest BCUT2D eigenvalue weighted by Gasteiger charge is 2.42. The molecule has 1 N–H and O–H groups in total. The molecule has 5 nitrogen and oxygen atoms in total. The first-order valence-electron chi connectivity index (χ1n) is 9.45. The SMILES string of the molecule is CCNC(=NCC(C)Oc1ccccc1C)N1CCC2(CCOC2)C1.I. The second-order valence-electron chi connectivity index (χ2n) is 7.36. The summed E-state index contributed by atoms with van der Waals surface area (Å²) in [7, 11) is 0. The maximum absolute atomic E-state index is 6.06. The Morgan fingerprint density at radius 1 is 1.38 bits per heavy atom. The van der Waals surface area contributed by atoms with Crippen molar-refractivity contribution < 1.29 is 9.47 Å². The summed E-state index contributed by atoms with van der Waals surface area (Å²) in [6.07, 6.45) is 2.42. The number of aryl methyl sites for hydroxylation is 1. The zero-order valence-electron chi connectivity index (χ0n) is 16.2. The smallest absolute Gasteiger partial charge is 0.194 e. The first-order valence-corrected chi connectivity index (χ1v) is 9.45. The predicted molar refractivity (Wildman–Crippen MR) is 117 cm³/mol. The molecule has 26 heavy (non-hydrogen) atoms. The summed E-state index contributed by atoms with van der Waals surface area (Å²) in [4.78, 5) is 7.23. The Labute approximate surface area is 174 Å². The highest BCUT2D eigenvalue weighted by Crippen LogP contribution is 2.38. The van der Waals surface area contributed by atoms with Crippen molar-refractivity contribution in [1.82, 2.24) is 10.2 Å². The second-order valence-corrected chi connectivity index (χ2v) is 7.36. The van der Waals surface area contributed by atoms with Gasteiger partial charge in [-0.3, -0.25) is 0 Å². The monoisotopic (exact) mass is 473 g/mol. The Hall–Kier alpha value is -1.02. The highest BCUT2D eigenvalue weighted by atomic mass is 127. The lowest BCUT2D eigenvalue weighted by Gasteiger charge is -2.25. The van der Waals surface area contributed by atoms with Crippen molar-refractivity contribution in [3.8, 4) is 5.75 Å². The molecule has 1 spiro atoms. The predicted octanol–water partition coefficient (Wildman–Crippen LogP) is 3.46. The largest absolute Gasteiger partial charge is 0.489 e. The van der Waals surface area contributed by atoms with Crippen LogP contribution in [0.4, 0.5) is 0 Å². The minimum Gasteiger partial charge on any atom is -0.489 e. The molecule has 0 saturated carbocycles. The highest BCUT2D eigenvalue weighted by molar-refractivity contribution is 14.0. The third kappa shape index (κ3) is 5.25. The van der Waals surface area contributed by atoms with Gasteiger partial charge in [0.1, 0.15) is 11.9 Å². The van der Waals surface area contributed by atoms with Gasteiger partial charge < -0.3 is 19.7 Å². The lowest BCUT2D eigenvalue weighted by molar-refractivity contribution is 0.156. The van der Waals surface area contributed by atoms with Crippen LogP contribution in [0, 0.1) is 12.3 Å². The van der Waals surface area contributed by atoms with Gasteiger partial charge >= 0.3 is 0 Å². The van der Waals surface area contributed by atoms with E-state index in [9.17, 15) is 0 Å². The number of halogens is 1. The van der Waals surface area contributed by atoms with E-state index in [1.54, 1.807) is 0 Å². The van der Waals surface area contributed by atoms with E-state index in [0.29, 0.717) is 12.0 Å². The van der Waals surface area contributed by atoms with E-state index in [1.807, 2.05) is 18.2 Å². The molecule has 1 aromatic rings. The Balaban J connectivity index is 0.00000243. The molecular weight excluding hydrogens is 441 g/mol. The molecule has 0 aromatic heterocycles. The molecule has 2 heterocycles. The number of aliphatic imine (C=N–C) groups is 1. The fourth-order valence-corrected chi connectivity index (χ4v) is 3.67. The molecule has 0 radical (unpaired) electrons. The standard InChI is InChI=1S/C20H31N3O2.HI/c1-4-21-19(23-11-9-20(14-23)10-12-24-15-20)22-13-17(3)25-18-8-6-5-7-16(18)2;/h5-8,17H,4,9-15H2,1-3H3,(H,21,22);1H. The molecule has 3 rings (SSSR count). The Bertz CT molecular complexity index is 602. The van der Waals surface area contributed by atoms with Crippen LogP contribution in [0.2, 0.25) is 0 Å². The van der Waals surface area contributed by atoms with Crippen LogP contribution in [0.3, 0.4) is 0 Å². The first-order chi connectivity index (χ1) is 12.1. The van der Waals surface area contributed by atoms with Gasteiger partial charge in [0.15, 0.2) is 5.96 Å². The molecule has 2 aliphatic rings. The van der Waals surface area contributed by atoms with Gasteiger partial charge in [0.2, 0.25) is 0 Å². The minimum absolute atomic E-state index is 0. The molecular formula is C20H32IN3O2. The summed E-state index contributed by atoms with van der Waals surface area (Å²) in [6, 6.07) is 8.13. The number of hydrogen-bond acceptors (Lipinski definition) is 3. The molecule has 2 aliphatic heterocycles. The average Bonchev–Trinajstić information content (AvgIpc) is 3.24. The summed E-state index contributed by atoms with van der Waals surface area (Å²) >= 11 is 0. The number of nitrogens with one attached hydrogen (secondary N) is 1. The van der Waals surface area contributed by atoms with E-state index in [4.69, 9.17) is 14.5 Å². The summed E-state index contributed by atoms with van der Waals surface area (Å²) in [5.74, 6) is 1.95. The van der Waals surface area contributed by atoms with Crippen molar-refractivity contribution in [3.63, 3.8) is 0 Å². The number of nitrogens with zero attached hydrogens (tertiary/aromatic N) is 2. The minimum atomic E-state index is 0. The van der Waals surface area contributed by atoms with Gasteiger partial charge in [-0.1, -0.05) is 18.2 Å². The lowest BCUT2D eigenvalue weighted by Crippen LogP contribution is -2.42. The lowest BCUT2D eigenvalue weighted by atomic mass is 9.87. The van der Waals surface area contributed by atoms with Crippen LogP contribution in [0.1, 0.15) is 32.3 Å². The van der Waals surface area contributed by atoms with Crippen LogP contribution < -0.4 is 10.1 Å². The van der Waals surface area contributed by atoms with Gasteiger partial charge in [0.25, 0.3) is 0 Å².